The lowest BCUT2D eigenvalue weighted by Gasteiger charge is -2.31. The van der Waals surface area contributed by atoms with Crippen molar-refractivity contribution in [1.29, 1.82) is 0 Å². The van der Waals surface area contributed by atoms with E-state index >= 15 is 0 Å². The molecule has 1 unspecified atom stereocenters. The van der Waals surface area contributed by atoms with E-state index < -0.39 is 0 Å². The topological polar surface area (TPSA) is 61.4 Å². The van der Waals surface area contributed by atoms with E-state index in [9.17, 15) is 9.59 Å². The number of para-hydroxylation sites is 1. The van der Waals surface area contributed by atoms with Gasteiger partial charge in [-0.3, -0.25) is 14.5 Å². The second kappa shape index (κ2) is 8.82. The number of hydrogen-bond acceptors (Lipinski definition) is 3. The Labute approximate surface area is 160 Å². The van der Waals surface area contributed by atoms with Crippen LogP contribution in [-0.4, -0.2) is 36.3 Å². The lowest BCUT2D eigenvalue weighted by molar-refractivity contribution is -0.123. The van der Waals surface area contributed by atoms with Crippen LogP contribution in [-0.2, 0) is 9.59 Å². The maximum absolute atomic E-state index is 12.5. The van der Waals surface area contributed by atoms with Crippen LogP contribution in [0.1, 0.15) is 24.0 Å². The summed E-state index contributed by atoms with van der Waals surface area (Å²) in [6, 6.07) is 15.5. The van der Waals surface area contributed by atoms with Crippen LogP contribution in [0.15, 0.2) is 48.5 Å². The van der Waals surface area contributed by atoms with Gasteiger partial charge in [0.15, 0.2) is 0 Å². The lowest BCUT2D eigenvalue weighted by atomic mass is 9.97. The van der Waals surface area contributed by atoms with E-state index in [1.807, 2.05) is 62.4 Å². The predicted octanol–water partition coefficient (Wildman–Crippen LogP) is 3.59. The molecule has 1 atom stereocenters. The largest absolute Gasteiger partial charge is 0.326 e. The number of amides is 2. The normalized spacial score (nSPS) is 17.3. The fraction of sp³-hybridized carbons (Fsp3) is 0.364. The minimum Gasteiger partial charge on any atom is -0.326 e. The van der Waals surface area contributed by atoms with Gasteiger partial charge in [0.1, 0.15) is 0 Å². The van der Waals surface area contributed by atoms with Gasteiger partial charge in [-0.25, -0.2) is 0 Å². The summed E-state index contributed by atoms with van der Waals surface area (Å²) in [6.07, 6.45) is 1.78. The third-order valence-corrected chi connectivity index (χ3v) is 4.95. The summed E-state index contributed by atoms with van der Waals surface area (Å²) in [5.41, 5.74) is 3.84. The van der Waals surface area contributed by atoms with Crippen LogP contribution in [0.25, 0.3) is 0 Å². The first kappa shape index (κ1) is 19.1. The van der Waals surface area contributed by atoms with E-state index in [1.54, 1.807) is 0 Å². The molecule has 1 heterocycles. The molecule has 1 aliphatic heterocycles. The van der Waals surface area contributed by atoms with Gasteiger partial charge in [-0.05, 0) is 62.6 Å². The Balaban J connectivity index is 1.54. The number of carbonyl (C=O) groups is 2. The molecule has 1 saturated heterocycles. The second-order valence-corrected chi connectivity index (χ2v) is 7.30. The van der Waals surface area contributed by atoms with Crippen molar-refractivity contribution in [3.63, 3.8) is 0 Å². The van der Waals surface area contributed by atoms with Crippen molar-refractivity contribution in [2.24, 2.45) is 5.92 Å². The van der Waals surface area contributed by atoms with Crippen molar-refractivity contribution >= 4 is 23.2 Å². The van der Waals surface area contributed by atoms with Gasteiger partial charge in [-0.1, -0.05) is 30.3 Å². The highest BCUT2D eigenvalue weighted by molar-refractivity contribution is 5.94. The standard InChI is InChI=1S/C22H27N3O2/c1-16-10-11-17(2)20(13-16)24-21(26)15-25-12-6-7-18(14-25)22(27)23-19-8-4-3-5-9-19/h3-5,8-11,13,18H,6-7,12,14-15H2,1-2H3,(H,23,27)(H,24,26). The smallest absolute Gasteiger partial charge is 0.238 e. The Morgan fingerprint density at radius 1 is 1.07 bits per heavy atom. The van der Waals surface area contributed by atoms with Crippen molar-refractivity contribution in [1.82, 2.24) is 4.90 Å². The van der Waals surface area contributed by atoms with Gasteiger partial charge in [-0.15, -0.1) is 0 Å². The van der Waals surface area contributed by atoms with Gasteiger partial charge in [0.25, 0.3) is 0 Å². The minimum absolute atomic E-state index is 0.0286. The molecule has 0 aliphatic carbocycles. The molecule has 2 amide bonds. The van der Waals surface area contributed by atoms with Crippen LogP contribution in [0.2, 0.25) is 0 Å². The number of nitrogens with zero attached hydrogens (tertiary/aromatic N) is 1. The molecule has 0 spiro atoms. The predicted molar refractivity (Wildman–Crippen MR) is 109 cm³/mol. The molecule has 5 heteroatoms. The third kappa shape index (κ3) is 5.41. The molecule has 2 N–H and O–H groups in total. The van der Waals surface area contributed by atoms with Crippen LogP contribution in [0.5, 0.6) is 0 Å². The second-order valence-electron chi connectivity index (χ2n) is 7.30. The fourth-order valence-electron chi connectivity index (χ4n) is 3.44. The molecule has 0 radical (unpaired) electrons. The molecule has 27 heavy (non-hydrogen) atoms. The molecular formula is C22H27N3O2. The molecule has 3 rings (SSSR count). The van der Waals surface area contributed by atoms with E-state index in [4.69, 9.17) is 0 Å². The highest BCUT2D eigenvalue weighted by Gasteiger charge is 2.27. The van der Waals surface area contributed by atoms with Crippen LogP contribution in [0, 0.1) is 19.8 Å². The van der Waals surface area contributed by atoms with Crippen molar-refractivity contribution in [3.8, 4) is 0 Å². The molecule has 2 aromatic rings. The molecule has 0 saturated carbocycles. The van der Waals surface area contributed by atoms with Gasteiger partial charge >= 0.3 is 0 Å². The molecule has 1 aliphatic rings. The van der Waals surface area contributed by atoms with E-state index in [1.165, 1.54) is 0 Å². The van der Waals surface area contributed by atoms with Gasteiger partial charge in [0.05, 0.1) is 12.5 Å². The van der Waals surface area contributed by atoms with Gasteiger partial charge in [0.2, 0.25) is 11.8 Å². The van der Waals surface area contributed by atoms with Crippen molar-refractivity contribution < 1.29 is 9.59 Å². The van der Waals surface area contributed by atoms with E-state index in [0.29, 0.717) is 13.1 Å². The number of anilines is 2. The fourth-order valence-corrected chi connectivity index (χ4v) is 3.44. The molecule has 5 nitrogen and oxygen atoms in total. The van der Waals surface area contributed by atoms with Crippen LogP contribution >= 0.6 is 0 Å². The van der Waals surface area contributed by atoms with Gasteiger partial charge in [-0.2, -0.15) is 0 Å². The Bertz CT molecular complexity index is 804. The summed E-state index contributed by atoms with van der Waals surface area (Å²) < 4.78 is 0. The molecule has 2 aromatic carbocycles. The van der Waals surface area contributed by atoms with Crippen molar-refractivity contribution in [3.05, 3.63) is 59.7 Å². The quantitative estimate of drug-likeness (QED) is 0.851. The van der Waals surface area contributed by atoms with Crippen LogP contribution in [0.4, 0.5) is 11.4 Å². The molecule has 1 fully saturated rings. The summed E-state index contributed by atoms with van der Waals surface area (Å²) in [4.78, 5) is 27.1. The molecule has 0 bridgehead atoms. The number of likely N-dealkylation sites (tertiary alicyclic amines) is 1. The van der Waals surface area contributed by atoms with Gasteiger partial charge in [0, 0.05) is 17.9 Å². The first-order valence-corrected chi connectivity index (χ1v) is 9.46. The number of hydrogen-bond donors (Lipinski definition) is 2. The summed E-state index contributed by atoms with van der Waals surface area (Å²) in [5, 5.41) is 5.97. The van der Waals surface area contributed by atoms with E-state index in [2.05, 4.69) is 15.5 Å². The zero-order valence-electron chi connectivity index (χ0n) is 16.0. The molecular weight excluding hydrogens is 338 g/mol. The van der Waals surface area contributed by atoms with Crippen molar-refractivity contribution in [2.75, 3.05) is 30.3 Å². The first-order valence-electron chi connectivity index (χ1n) is 9.46. The lowest BCUT2D eigenvalue weighted by Crippen LogP contribution is -2.44. The number of nitrogens with one attached hydrogen (secondary N) is 2. The van der Waals surface area contributed by atoms with E-state index in [0.717, 1.165) is 41.9 Å². The zero-order valence-corrected chi connectivity index (χ0v) is 16.0. The Hall–Kier alpha value is -2.66. The minimum atomic E-state index is -0.0903. The summed E-state index contributed by atoms with van der Waals surface area (Å²) in [7, 11) is 0. The van der Waals surface area contributed by atoms with Crippen LogP contribution in [0.3, 0.4) is 0 Å². The monoisotopic (exact) mass is 365 g/mol. The average molecular weight is 365 g/mol. The summed E-state index contributed by atoms with van der Waals surface area (Å²) in [5.74, 6) is -0.0962. The molecule has 0 aromatic heterocycles. The Morgan fingerprint density at radius 2 is 1.85 bits per heavy atom. The van der Waals surface area contributed by atoms with Gasteiger partial charge < -0.3 is 10.6 Å². The highest BCUT2D eigenvalue weighted by atomic mass is 16.2. The maximum atomic E-state index is 12.5. The average Bonchev–Trinajstić information content (AvgIpc) is 2.65. The SMILES string of the molecule is Cc1ccc(C)c(NC(=O)CN2CCCC(C(=O)Nc3ccccc3)C2)c1. The van der Waals surface area contributed by atoms with Crippen molar-refractivity contribution in [2.45, 2.75) is 26.7 Å². The number of carbonyl (C=O) groups excluding carboxylic acids is 2. The number of aryl methyl sites for hydroxylation is 2. The number of rotatable bonds is 5. The Morgan fingerprint density at radius 3 is 2.63 bits per heavy atom. The third-order valence-electron chi connectivity index (χ3n) is 4.95. The highest BCUT2D eigenvalue weighted by Crippen LogP contribution is 2.20. The summed E-state index contributed by atoms with van der Waals surface area (Å²) >= 11 is 0. The Kier molecular flexibility index (Phi) is 6.24. The molecule has 142 valence electrons. The van der Waals surface area contributed by atoms with E-state index in [-0.39, 0.29) is 17.7 Å². The van der Waals surface area contributed by atoms with Crippen LogP contribution < -0.4 is 10.6 Å². The number of benzene rings is 2. The number of piperidine rings is 1. The maximum Gasteiger partial charge on any atom is 0.238 e. The zero-order chi connectivity index (χ0) is 19.2. The first-order chi connectivity index (χ1) is 13.0. The summed E-state index contributed by atoms with van der Waals surface area (Å²) in [6.45, 7) is 5.76.